The van der Waals surface area contributed by atoms with Gasteiger partial charge < -0.3 is 15.8 Å². The number of hydrogen-bond acceptors (Lipinski definition) is 5. The van der Waals surface area contributed by atoms with Crippen LogP contribution in [-0.2, 0) is 9.53 Å². The number of nitriles is 1. The summed E-state index contributed by atoms with van der Waals surface area (Å²) in [6.45, 7) is 10.9. The zero-order chi connectivity index (χ0) is 17.6. The highest BCUT2D eigenvalue weighted by atomic mass is 16.6. The third-order valence-electron chi connectivity index (χ3n) is 2.14. The normalized spacial score (nSPS) is 12.4. The summed E-state index contributed by atoms with van der Waals surface area (Å²) in [5.41, 5.74) is 4.11. The first-order valence-corrected chi connectivity index (χ1v) is 7.04. The van der Waals surface area contributed by atoms with Gasteiger partial charge in [-0.25, -0.2) is 4.79 Å². The molecule has 0 bridgehead atoms. The Hall–Kier alpha value is -2.07. The zero-order valence-corrected chi connectivity index (χ0v) is 14.2. The fraction of sp³-hybridized carbons (Fsp3) is 0.667. The Morgan fingerprint density at radius 1 is 1.27 bits per heavy atom. The van der Waals surface area contributed by atoms with E-state index in [-0.39, 0.29) is 18.7 Å². The Labute approximate surface area is 132 Å². The molecule has 0 aliphatic heterocycles. The Morgan fingerprint density at radius 3 is 2.18 bits per heavy atom. The van der Waals surface area contributed by atoms with Gasteiger partial charge in [0.2, 0.25) is 0 Å². The molecule has 0 aliphatic carbocycles. The molecule has 0 unspecified atom stereocenters. The van der Waals surface area contributed by atoms with Crippen molar-refractivity contribution in [3.05, 3.63) is 11.8 Å². The molecule has 0 aromatic carbocycles. The van der Waals surface area contributed by atoms with Gasteiger partial charge in [-0.05, 0) is 41.5 Å². The van der Waals surface area contributed by atoms with E-state index in [1.54, 1.807) is 47.6 Å². The second-order valence-electron chi connectivity index (χ2n) is 6.82. The standard InChI is InChI=1S/C15H26N4O3/c1-14(2,3)18-12(20)11(9-17)10-19(8-7-16)13(21)22-15(4,5)6/h10H,7-8,16H2,1-6H3,(H,18,20)/b11-10-. The molecule has 3 N–H and O–H groups in total. The molecule has 2 amide bonds. The van der Waals surface area contributed by atoms with Crippen LogP contribution in [-0.4, -0.2) is 41.1 Å². The number of nitrogens with one attached hydrogen (secondary N) is 1. The van der Waals surface area contributed by atoms with E-state index in [0.29, 0.717) is 0 Å². The lowest BCUT2D eigenvalue weighted by molar-refractivity contribution is -0.118. The molecular formula is C15H26N4O3. The first kappa shape index (κ1) is 19.9. The van der Waals surface area contributed by atoms with Gasteiger partial charge in [0, 0.05) is 24.8 Å². The summed E-state index contributed by atoms with van der Waals surface area (Å²) in [6, 6.07) is 1.79. The van der Waals surface area contributed by atoms with Gasteiger partial charge in [0.15, 0.2) is 0 Å². The number of nitrogens with zero attached hydrogens (tertiary/aromatic N) is 2. The second-order valence-corrected chi connectivity index (χ2v) is 6.82. The first-order valence-electron chi connectivity index (χ1n) is 7.04. The van der Waals surface area contributed by atoms with Crippen LogP contribution < -0.4 is 11.1 Å². The molecule has 0 aromatic rings. The SMILES string of the molecule is CC(C)(C)NC(=O)/C(C#N)=C\N(CCN)C(=O)OC(C)(C)C. The predicted octanol–water partition coefficient (Wildman–Crippen LogP) is 1.50. The maximum Gasteiger partial charge on any atom is 0.414 e. The summed E-state index contributed by atoms with van der Waals surface area (Å²) in [5, 5.41) is 11.8. The van der Waals surface area contributed by atoms with Gasteiger partial charge >= 0.3 is 6.09 Å². The lowest BCUT2D eigenvalue weighted by Gasteiger charge is -2.25. The van der Waals surface area contributed by atoms with Crippen LogP contribution in [0.3, 0.4) is 0 Å². The third-order valence-corrected chi connectivity index (χ3v) is 2.14. The van der Waals surface area contributed by atoms with Gasteiger partial charge in [-0.3, -0.25) is 9.69 Å². The van der Waals surface area contributed by atoms with Crippen molar-refractivity contribution in [1.29, 1.82) is 5.26 Å². The van der Waals surface area contributed by atoms with E-state index in [4.69, 9.17) is 15.7 Å². The molecule has 0 radical (unpaired) electrons. The smallest absolute Gasteiger partial charge is 0.414 e. The Balaban J connectivity index is 5.27. The summed E-state index contributed by atoms with van der Waals surface area (Å²) in [5.74, 6) is -0.555. The minimum absolute atomic E-state index is 0.142. The highest BCUT2D eigenvalue weighted by Crippen LogP contribution is 2.11. The maximum atomic E-state index is 12.1. The summed E-state index contributed by atoms with van der Waals surface area (Å²) in [4.78, 5) is 25.2. The zero-order valence-electron chi connectivity index (χ0n) is 14.2. The molecule has 124 valence electrons. The number of ether oxygens (including phenoxy) is 1. The largest absolute Gasteiger partial charge is 0.443 e. The Morgan fingerprint density at radius 2 is 1.82 bits per heavy atom. The van der Waals surface area contributed by atoms with E-state index < -0.39 is 23.1 Å². The number of nitrogens with two attached hydrogens (primary N) is 1. The van der Waals surface area contributed by atoms with Crippen LogP contribution in [0.5, 0.6) is 0 Å². The quantitative estimate of drug-likeness (QED) is 0.604. The predicted molar refractivity (Wildman–Crippen MR) is 83.6 cm³/mol. The van der Waals surface area contributed by atoms with Crippen LogP contribution in [0.25, 0.3) is 0 Å². The molecule has 0 aliphatic rings. The molecule has 0 saturated heterocycles. The van der Waals surface area contributed by atoms with E-state index in [1.165, 1.54) is 6.20 Å². The van der Waals surface area contributed by atoms with Crippen molar-refractivity contribution in [1.82, 2.24) is 10.2 Å². The van der Waals surface area contributed by atoms with Crippen LogP contribution in [0, 0.1) is 11.3 Å². The summed E-state index contributed by atoms with van der Waals surface area (Å²) in [7, 11) is 0. The average molecular weight is 310 g/mol. The monoisotopic (exact) mass is 310 g/mol. The second kappa shape index (κ2) is 7.80. The fourth-order valence-electron chi connectivity index (χ4n) is 1.37. The van der Waals surface area contributed by atoms with Gasteiger partial charge in [0.1, 0.15) is 17.2 Å². The van der Waals surface area contributed by atoms with Gasteiger partial charge in [-0.15, -0.1) is 0 Å². The van der Waals surface area contributed by atoms with Crippen LogP contribution in [0.15, 0.2) is 11.8 Å². The average Bonchev–Trinajstić information content (AvgIpc) is 2.29. The number of carbonyl (C=O) groups excluding carboxylic acids is 2. The maximum absolute atomic E-state index is 12.1. The molecule has 7 heteroatoms. The van der Waals surface area contributed by atoms with E-state index >= 15 is 0 Å². The van der Waals surface area contributed by atoms with Crippen molar-refractivity contribution in [2.75, 3.05) is 13.1 Å². The fourth-order valence-corrected chi connectivity index (χ4v) is 1.37. The van der Waals surface area contributed by atoms with Crippen molar-refractivity contribution in [2.45, 2.75) is 52.7 Å². The number of amides is 2. The van der Waals surface area contributed by atoms with Crippen LogP contribution in [0.1, 0.15) is 41.5 Å². The van der Waals surface area contributed by atoms with Gasteiger partial charge in [-0.1, -0.05) is 0 Å². The Bertz CT molecular complexity index is 478. The third kappa shape index (κ3) is 8.27. The topological polar surface area (TPSA) is 108 Å². The van der Waals surface area contributed by atoms with Crippen molar-refractivity contribution in [2.24, 2.45) is 5.73 Å². The van der Waals surface area contributed by atoms with Crippen LogP contribution in [0.2, 0.25) is 0 Å². The molecule has 0 heterocycles. The van der Waals surface area contributed by atoms with Crippen LogP contribution >= 0.6 is 0 Å². The Kier molecular flexibility index (Phi) is 7.07. The number of rotatable bonds is 4. The summed E-state index contributed by atoms with van der Waals surface area (Å²) >= 11 is 0. The lowest BCUT2D eigenvalue weighted by atomic mass is 10.1. The molecular weight excluding hydrogens is 284 g/mol. The van der Waals surface area contributed by atoms with E-state index in [0.717, 1.165) is 4.90 Å². The molecule has 0 spiro atoms. The highest BCUT2D eigenvalue weighted by molar-refractivity contribution is 5.97. The van der Waals surface area contributed by atoms with Crippen molar-refractivity contribution in [3.8, 4) is 6.07 Å². The van der Waals surface area contributed by atoms with E-state index in [2.05, 4.69) is 5.32 Å². The number of carbonyl (C=O) groups is 2. The summed E-state index contributed by atoms with van der Waals surface area (Å²) in [6.07, 6.45) is 0.511. The minimum Gasteiger partial charge on any atom is -0.443 e. The van der Waals surface area contributed by atoms with Crippen LogP contribution in [0.4, 0.5) is 4.79 Å². The van der Waals surface area contributed by atoms with Crippen molar-refractivity contribution < 1.29 is 14.3 Å². The molecule has 0 rings (SSSR count). The lowest BCUT2D eigenvalue weighted by Crippen LogP contribution is -2.42. The minimum atomic E-state index is -0.682. The van der Waals surface area contributed by atoms with Gasteiger partial charge in [-0.2, -0.15) is 5.26 Å². The first-order chi connectivity index (χ1) is 9.89. The molecule has 0 atom stereocenters. The molecule has 22 heavy (non-hydrogen) atoms. The van der Waals surface area contributed by atoms with E-state index in [1.807, 2.05) is 0 Å². The van der Waals surface area contributed by atoms with Crippen molar-refractivity contribution >= 4 is 12.0 Å². The van der Waals surface area contributed by atoms with Gasteiger partial charge in [0.25, 0.3) is 5.91 Å². The molecule has 0 fully saturated rings. The molecule has 0 saturated carbocycles. The molecule has 7 nitrogen and oxygen atoms in total. The molecule has 0 aromatic heterocycles. The van der Waals surface area contributed by atoms with Gasteiger partial charge in [0.05, 0.1) is 0 Å². The number of hydrogen-bond donors (Lipinski definition) is 2. The summed E-state index contributed by atoms with van der Waals surface area (Å²) < 4.78 is 5.22. The highest BCUT2D eigenvalue weighted by Gasteiger charge is 2.23. The van der Waals surface area contributed by atoms with Crippen molar-refractivity contribution in [3.63, 3.8) is 0 Å². The van der Waals surface area contributed by atoms with E-state index in [9.17, 15) is 9.59 Å².